The van der Waals surface area contributed by atoms with Crippen LogP contribution in [0.5, 0.6) is 0 Å². The second kappa shape index (κ2) is 7.05. The Morgan fingerprint density at radius 3 is 2.70 bits per heavy atom. The molecule has 4 aromatic rings. The molecular formula is C19H12ClN3O4. The fourth-order valence-corrected chi connectivity index (χ4v) is 2.73. The lowest BCUT2D eigenvalue weighted by molar-refractivity contribution is 0.0441. The number of aromatic amines is 1. The molecule has 2 aromatic heterocycles. The molecule has 2 aromatic carbocycles. The summed E-state index contributed by atoms with van der Waals surface area (Å²) in [6, 6.07) is 15.1. The lowest BCUT2D eigenvalue weighted by Crippen LogP contribution is -2.13. The highest BCUT2D eigenvalue weighted by Gasteiger charge is 2.15. The van der Waals surface area contributed by atoms with E-state index in [0.29, 0.717) is 27.4 Å². The lowest BCUT2D eigenvalue weighted by Gasteiger charge is -2.05. The van der Waals surface area contributed by atoms with E-state index < -0.39 is 5.97 Å². The molecule has 0 aliphatic carbocycles. The Hall–Kier alpha value is -3.45. The Morgan fingerprint density at radius 2 is 1.89 bits per heavy atom. The molecule has 0 spiro atoms. The topological polar surface area (TPSA) is 98.1 Å². The number of ether oxygens (including phenoxy) is 1. The van der Waals surface area contributed by atoms with E-state index in [1.807, 2.05) is 0 Å². The van der Waals surface area contributed by atoms with Crippen LogP contribution in [0.25, 0.3) is 22.4 Å². The zero-order valence-corrected chi connectivity index (χ0v) is 14.6. The second-order valence-corrected chi connectivity index (χ2v) is 6.11. The van der Waals surface area contributed by atoms with Crippen molar-refractivity contribution in [2.24, 2.45) is 0 Å². The number of benzene rings is 2. The Bertz CT molecular complexity index is 1180. The standard InChI is InChI=1S/C19H12ClN3O4/c20-12-7-5-11(6-8-12)18-23-22-17(27-18)10-26-19(25)14-9-16(24)21-15-4-2-1-3-13(14)15/h1-9H,10H2,(H,21,24). The van der Waals surface area contributed by atoms with Crippen molar-refractivity contribution in [1.29, 1.82) is 0 Å². The van der Waals surface area contributed by atoms with Crippen LogP contribution in [0.15, 0.2) is 63.8 Å². The highest BCUT2D eigenvalue weighted by atomic mass is 35.5. The number of carbonyl (C=O) groups is 1. The summed E-state index contributed by atoms with van der Waals surface area (Å²) in [5.74, 6) is -0.217. The van der Waals surface area contributed by atoms with Crippen LogP contribution in [0.2, 0.25) is 5.02 Å². The molecule has 7 nitrogen and oxygen atoms in total. The maximum Gasteiger partial charge on any atom is 0.339 e. The smallest absolute Gasteiger partial charge is 0.339 e. The van der Waals surface area contributed by atoms with E-state index in [4.69, 9.17) is 20.8 Å². The number of carbonyl (C=O) groups excluding carboxylic acids is 1. The predicted molar refractivity (Wildman–Crippen MR) is 98.4 cm³/mol. The number of hydrogen-bond acceptors (Lipinski definition) is 6. The van der Waals surface area contributed by atoms with Gasteiger partial charge in [-0.05, 0) is 30.3 Å². The molecule has 134 valence electrons. The summed E-state index contributed by atoms with van der Waals surface area (Å²) in [7, 11) is 0. The van der Waals surface area contributed by atoms with Crippen LogP contribution in [-0.4, -0.2) is 21.2 Å². The van der Waals surface area contributed by atoms with Gasteiger partial charge in [0, 0.05) is 27.6 Å². The Kier molecular flexibility index (Phi) is 4.43. The van der Waals surface area contributed by atoms with Gasteiger partial charge in [-0.2, -0.15) is 0 Å². The minimum absolute atomic E-state index is 0.141. The fraction of sp³-hybridized carbons (Fsp3) is 0.0526. The third-order valence-electron chi connectivity index (χ3n) is 3.86. The number of nitrogens with zero attached hydrogens (tertiary/aromatic N) is 2. The normalized spacial score (nSPS) is 10.9. The van der Waals surface area contributed by atoms with Gasteiger partial charge < -0.3 is 14.1 Å². The molecule has 0 bridgehead atoms. The first-order valence-corrected chi connectivity index (χ1v) is 8.35. The Morgan fingerprint density at radius 1 is 1.11 bits per heavy atom. The van der Waals surface area contributed by atoms with Crippen molar-refractivity contribution in [3.05, 3.63) is 81.4 Å². The largest absolute Gasteiger partial charge is 0.452 e. The summed E-state index contributed by atoms with van der Waals surface area (Å²) < 4.78 is 10.7. The van der Waals surface area contributed by atoms with E-state index in [9.17, 15) is 9.59 Å². The van der Waals surface area contributed by atoms with Crippen molar-refractivity contribution in [2.75, 3.05) is 0 Å². The van der Waals surface area contributed by atoms with Gasteiger partial charge in [-0.25, -0.2) is 4.79 Å². The van der Waals surface area contributed by atoms with Gasteiger partial charge in [-0.3, -0.25) is 4.79 Å². The van der Waals surface area contributed by atoms with Crippen LogP contribution in [0.4, 0.5) is 0 Å². The van der Waals surface area contributed by atoms with E-state index in [-0.39, 0.29) is 23.6 Å². The molecule has 0 radical (unpaired) electrons. The maximum absolute atomic E-state index is 12.4. The Labute approximate surface area is 157 Å². The van der Waals surface area contributed by atoms with Gasteiger partial charge >= 0.3 is 5.97 Å². The molecule has 0 unspecified atom stereocenters. The summed E-state index contributed by atoms with van der Waals surface area (Å²) in [6.45, 7) is -0.208. The molecule has 2 heterocycles. The number of aromatic nitrogens is 3. The lowest BCUT2D eigenvalue weighted by atomic mass is 10.1. The van der Waals surface area contributed by atoms with Crippen LogP contribution in [0, 0.1) is 0 Å². The van der Waals surface area contributed by atoms with Crippen LogP contribution in [0.3, 0.4) is 0 Å². The molecule has 4 rings (SSSR count). The average Bonchev–Trinajstić information content (AvgIpc) is 3.15. The first-order chi connectivity index (χ1) is 13.1. The summed E-state index contributed by atoms with van der Waals surface area (Å²) in [5, 5.41) is 8.98. The Balaban J connectivity index is 1.52. The molecule has 0 atom stereocenters. The monoisotopic (exact) mass is 381 g/mol. The van der Waals surface area contributed by atoms with Crippen LogP contribution in [-0.2, 0) is 11.3 Å². The minimum atomic E-state index is -0.649. The van der Waals surface area contributed by atoms with E-state index in [1.54, 1.807) is 48.5 Å². The third-order valence-corrected chi connectivity index (χ3v) is 4.11. The van der Waals surface area contributed by atoms with Crippen molar-refractivity contribution in [3.8, 4) is 11.5 Å². The van der Waals surface area contributed by atoms with E-state index >= 15 is 0 Å². The number of esters is 1. The molecular weight excluding hydrogens is 370 g/mol. The predicted octanol–water partition coefficient (Wildman–Crippen LogP) is 3.59. The molecule has 0 aliphatic rings. The molecule has 0 saturated heterocycles. The summed E-state index contributed by atoms with van der Waals surface area (Å²) >= 11 is 5.85. The molecule has 8 heteroatoms. The number of hydrogen-bond donors (Lipinski definition) is 1. The number of H-pyrrole nitrogens is 1. The van der Waals surface area contributed by atoms with E-state index in [2.05, 4.69) is 15.2 Å². The van der Waals surface area contributed by atoms with Gasteiger partial charge in [0.2, 0.25) is 11.4 Å². The molecule has 0 fully saturated rings. The molecule has 0 aliphatic heterocycles. The number of nitrogens with one attached hydrogen (secondary N) is 1. The zero-order chi connectivity index (χ0) is 18.8. The van der Waals surface area contributed by atoms with Crippen LogP contribution < -0.4 is 5.56 Å². The van der Waals surface area contributed by atoms with Crippen molar-refractivity contribution in [3.63, 3.8) is 0 Å². The number of fused-ring (bicyclic) bond motifs is 1. The second-order valence-electron chi connectivity index (χ2n) is 5.68. The van der Waals surface area contributed by atoms with Crippen LogP contribution in [0.1, 0.15) is 16.2 Å². The third kappa shape index (κ3) is 3.58. The highest BCUT2D eigenvalue weighted by Crippen LogP contribution is 2.21. The summed E-state index contributed by atoms with van der Waals surface area (Å²) in [6.07, 6.45) is 0. The van der Waals surface area contributed by atoms with E-state index in [1.165, 1.54) is 6.07 Å². The number of pyridine rings is 1. The van der Waals surface area contributed by atoms with Gasteiger partial charge in [0.05, 0.1) is 5.56 Å². The van der Waals surface area contributed by atoms with Crippen LogP contribution >= 0.6 is 11.6 Å². The first-order valence-electron chi connectivity index (χ1n) is 7.98. The van der Waals surface area contributed by atoms with Crippen molar-refractivity contribution in [1.82, 2.24) is 15.2 Å². The summed E-state index contributed by atoms with van der Waals surface area (Å²) in [5.41, 5.74) is 1.04. The molecule has 0 saturated carbocycles. The van der Waals surface area contributed by atoms with Gasteiger partial charge in [-0.15, -0.1) is 10.2 Å². The molecule has 1 N–H and O–H groups in total. The van der Waals surface area contributed by atoms with Gasteiger partial charge in [-0.1, -0.05) is 29.8 Å². The first kappa shape index (κ1) is 17.0. The zero-order valence-electron chi connectivity index (χ0n) is 13.8. The highest BCUT2D eigenvalue weighted by molar-refractivity contribution is 6.30. The van der Waals surface area contributed by atoms with Crippen molar-refractivity contribution in [2.45, 2.75) is 6.61 Å². The fourth-order valence-electron chi connectivity index (χ4n) is 2.60. The van der Waals surface area contributed by atoms with Gasteiger partial charge in [0.1, 0.15) is 0 Å². The molecule has 0 amide bonds. The van der Waals surface area contributed by atoms with E-state index in [0.717, 1.165) is 0 Å². The number of rotatable bonds is 4. The number of para-hydroxylation sites is 1. The van der Waals surface area contributed by atoms with Crippen molar-refractivity contribution >= 4 is 28.5 Å². The SMILES string of the molecule is O=C(OCc1nnc(-c2ccc(Cl)cc2)o1)c1cc(=O)[nH]c2ccccc12. The maximum atomic E-state index is 12.4. The average molecular weight is 382 g/mol. The molecule has 27 heavy (non-hydrogen) atoms. The minimum Gasteiger partial charge on any atom is -0.452 e. The van der Waals surface area contributed by atoms with Gasteiger partial charge in [0.15, 0.2) is 6.61 Å². The number of halogens is 1. The van der Waals surface area contributed by atoms with Gasteiger partial charge in [0.25, 0.3) is 5.89 Å². The van der Waals surface area contributed by atoms with Crippen molar-refractivity contribution < 1.29 is 13.9 Å². The quantitative estimate of drug-likeness (QED) is 0.542. The summed E-state index contributed by atoms with van der Waals surface area (Å²) in [4.78, 5) is 26.8.